The second kappa shape index (κ2) is 7.06. The number of nitrogens with one attached hydrogen (secondary N) is 1. The lowest BCUT2D eigenvalue weighted by Gasteiger charge is -2.47. The fraction of sp³-hybridized carbons (Fsp3) is 0.273. The van der Waals surface area contributed by atoms with E-state index in [0.717, 1.165) is 48.7 Å². The lowest BCUT2D eigenvalue weighted by atomic mass is 9.82. The Balaban J connectivity index is 0.00000192. The topological polar surface area (TPSA) is 29.4 Å². The van der Waals surface area contributed by atoms with E-state index in [-0.39, 0.29) is 23.8 Å². The molecule has 0 bridgehead atoms. The molecule has 3 heterocycles. The molecule has 0 amide bonds. The van der Waals surface area contributed by atoms with E-state index >= 15 is 0 Å². The highest BCUT2D eigenvalue weighted by molar-refractivity contribution is 5.85. The van der Waals surface area contributed by atoms with Crippen molar-refractivity contribution in [2.45, 2.75) is 18.4 Å². The van der Waals surface area contributed by atoms with Gasteiger partial charge < -0.3 is 19.5 Å². The van der Waals surface area contributed by atoms with Crippen LogP contribution in [0.2, 0.25) is 0 Å². The fourth-order valence-electron chi connectivity index (χ4n) is 4.43. The number of hydrogen-bond acceptors (Lipinski definition) is 3. The first-order chi connectivity index (χ1) is 13.2. The Morgan fingerprint density at radius 3 is 2.50 bits per heavy atom. The summed E-state index contributed by atoms with van der Waals surface area (Å²) in [6.45, 7) is 1.84. The normalized spacial score (nSPS) is 16.6. The summed E-state index contributed by atoms with van der Waals surface area (Å²) in [7, 11) is 1.70. The van der Waals surface area contributed by atoms with Gasteiger partial charge in [0.25, 0.3) is 0 Å². The maximum Gasteiger partial charge on any atom is 0.123 e. The molecule has 1 spiro atoms. The van der Waals surface area contributed by atoms with Crippen LogP contribution in [0.1, 0.15) is 18.5 Å². The minimum Gasteiger partial charge on any atom is -0.497 e. The summed E-state index contributed by atoms with van der Waals surface area (Å²) in [5, 5.41) is 3.82. The number of benzene rings is 2. The molecule has 0 saturated carbocycles. The molecular weight excluding hydrogens is 377 g/mol. The van der Waals surface area contributed by atoms with Crippen molar-refractivity contribution < 1.29 is 9.13 Å². The lowest BCUT2D eigenvalue weighted by molar-refractivity contribution is 0.355. The van der Waals surface area contributed by atoms with Gasteiger partial charge in [-0.2, -0.15) is 0 Å². The zero-order chi connectivity index (χ0) is 18.4. The average molecular weight is 400 g/mol. The van der Waals surface area contributed by atoms with Gasteiger partial charge in [-0.1, -0.05) is 0 Å². The molecule has 1 N–H and O–H groups in total. The number of halogens is 2. The van der Waals surface area contributed by atoms with Crippen molar-refractivity contribution in [1.29, 1.82) is 0 Å². The molecule has 0 radical (unpaired) electrons. The number of aromatic nitrogens is 1. The van der Waals surface area contributed by atoms with Crippen LogP contribution >= 0.6 is 12.4 Å². The summed E-state index contributed by atoms with van der Waals surface area (Å²) in [5.74, 6) is 0.667. The zero-order valence-corrected chi connectivity index (χ0v) is 16.5. The number of rotatable bonds is 2. The van der Waals surface area contributed by atoms with Crippen LogP contribution in [0.25, 0.3) is 5.69 Å². The van der Waals surface area contributed by atoms with Crippen molar-refractivity contribution in [3.63, 3.8) is 0 Å². The molecule has 5 rings (SSSR count). The van der Waals surface area contributed by atoms with E-state index in [9.17, 15) is 4.39 Å². The average Bonchev–Trinajstić information content (AvgIpc) is 3.20. The molecule has 2 aliphatic rings. The van der Waals surface area contributed by atoms with Crippen molar-refractivity contribution >= 4 is 23.8 Å². The van der Waals surface area contributed by atoms with Crippen molar-refractivity contribution in [2.75, 3.05) is 30.4 Å². The second-order valence-corrected chi connectivity index (χ2v) is 7.32. The van der Waals surface area contributed by atoms with Gasteiger partial charge in [0.05, 0.1) is 24.0 Å². The first-order valence-electron chi connectivity index (χ1n) is 9.33. The van der Waals surface area contributed by atoms with Crippen LogP contribution in [0.3, 0.4) is 0 Å². The van der Waals surface area contributed by atoms with Crippen molar-refractivity contribution in [1.82, 2.24) is 4.57 Å². The Morgan fingerprint density at radius 1 is 1.04 bits per heavy atom. The van der Waals surface area contributed by atoms with Crippen LogP contribution in [0.15, 0.2) is 60.8 Å². The van der Waals surface area contributed by atoms with Gasteiger partial charge in [0.2, 0.25) is 0 Å². The van der Waals surface area contributed by atoms with E-state index < -0.39 is 0 Å². The van der Waals surface area contributed by atoms with Crippen LogP contribution in [-0.2, 0) is 5.54 Å². The Kier molecular flexibility index (Phi) is 4.71. The number of hydrogen-bond donors (Lipinski definition) is 1. The van der Waals surface area contributed by atoms with Gasteiger partial charge in [-0.15, -0.1) is 12.4 Å². The minimum absolute atomic E-state index is 0. The summed E-state index contributed by atoms with van der Waals surface area (Å²) in [4.78, 5) is 2.33. The first kappa shape index (κ1) is 18.7. The standard InChI is InChI=1S/C22H22FN3O.ClH/c1-27-18-8-9-20-19(15-18)24-22(21-3-2-12-26(20)21)10-13-25(14-11-22)17-6-4-16(23)5-7-17;/h2-9,12,15,24H,10-11,13-14H2,1H3;1H. The predicted octanol–water partition coefficient (Wildman–Crippen LogP) is 4.97. The van der Waals surface area contributed by atoms with E-state index in [2.05, 4.69) is 45.2 Å². The first-order valence-corrected chi connectivity index (χ1v) is 9.33. The monoisotopic (exact) mass is 399 g/mol. The van der Waals surface area contributed by atoms with Crippen molar-refractivity contribution in [2.24, 2.45) is 0 Å². The number of anilines is 2. The molecule has 3 aromatic rings. The smallest absolute Gasteiger partial charge is 0.123 e. The van der Waals surface area contributed by atoms with Crippen LogP contribution in [0.5, 0.6) is 5.75 Å². The number of fused-ring (bicyclic) bond motifs is 4. The van der Waals surface area contributed by atoms with Gasteiger partial charge in [-0.25, -0.2) is 4.39 Å². The van der Waals surface area contributed by atoms with E-state index in [4.69, 9.17) is 4.74 Å². The number of methoxy groups -OCH3 is 1. The van der Waals surface area contributed by atoms with E-state index in [1.807, 2.05) is 18.2 Å². The molecule has 1 aromatic heterocycles. The minimum atomic E-state index is -0.190. The Bertz CT molecular complexity index is 978. The van der Waals surface area contributed by atoms with Crippen LogP contribution in [0, 0.1) is 5.82 Å². The van der Waals surface area contributed by atoms with Gasteiger partial charge >= 0.3 is 0 Å². The Hall–Kier alpha value is -2.66. The van der Waals surface area contributed by atoms with Gasteiger partial charge in [0.1, 0.15) is 11.6 Å². The summed E-state index contributed by atoms with van der Waals surface area (Å²) in [5.41, 5.74) is 4.55. The second-order valence-electron chi connectivity index (χ2n) is 7.32. The highest BCUT2D eigenvalue weighted by Crippen LogP contribution is 2.44. The molecule has 2 aromatic carbocycles. The highest BCUT2D eigenvalue weighted by Gasteiger charge is 2.41. The van der Waals surface area contributed by atoms with Gasteiger partial charge in [0.15, 0.2) is 0 Å². The highest BCUT2D eigenvalue weighted by atomic mass is 35.5. The maximum atomic E-state index is 13.2. The number of piperidine rings is 1. The Morgan fingerprint density at radius 2 is 1.79 bits per heavy atom. The number of nitrogens with zero attached hydrogens (tertiary/aromatic N) is 2. The van der Waals surface area contributed by atoms with Gasteiger partial charge in [0, 0.05) is 36.7 Å². The molecule has 0 unspecified atom stereocenters. The van der Waals surface area contributed by atoms with E-state index in [0.29, 0.717) is 0 Å². The quantitative estimate of drug-likeness (QED) is 0.659. The summed E-state index contributed by atoms with van der Waals surface area (Å²) in [6.07, 6.45) is 4.09. The molecule has 1 saturated heterocycles. The molecule has 0 atom stereocenters. The van der Waals surface area contributed by atoms with Gasteiger partial charge in [-0.05, 0) is 61.4 Å². The third-order valence-corrected chi connectivity index (χ3v) is 5.89. The molecule has 0 aliphatic carbocycles. The molecular formula is C22H23ClFN3O. The third kappa shape index (κ3) is 2.90. The maximum absolute atomic E-state index is 13.2. The molecule has 146 valence electrons. The predicted molar refractivity (Wildman–Crippen MR) is 113 cm³/mol. The Labute approximate surface area is 170 Å². The molecule has 4 nitrogen and oxygen atoms in total. The zero-order valence-electron chi connectivity index (χ0n) is 15.7. The van der Waals surface area contributed by atoms with E-state index in [1.54, 1.807) is 7.11 Å². The number of ether oxygens (including phenoxy) is 1. The lowest BCUT2D eigenvalue weighted by Crippen LogP contribution is -2.49. The van der Waals surface area contributed by atoms with Crippen LogP contribution in [0.4, 0.5) is 15.8 Å². The third-order valence-electron chi connectivity index (χ3n) is 5.89. The van der Waals surface area contributed by atoms with Crippen molar-refractivity contribution in [3.8, 4) is 11.4 Å². The van der Waals surface area contributed by atoms with Crippen LogP contribution in [-0.4, -0.2) is 24.8 Å². The molecule has 6 heteroatoms. The fourth-order valence-corrected chi connectivity index (χ4v) is 4.43. The molecule has 2 aliphatic heterocycles. The summed E-state index contributed by atoms with van der Waals surface area (Å²) >= 11 is 0. The molecule has 28 heavy (non-hydrogen) atoms. The van der Waals surface area contributed by atoms with E-state index in [1.165, 1.54) is 17.8 Å². The SMILES string of the molecule is COc1ccc2c(c1)NC1(CCN(c3ccc(F)cc3)CC1)c1cccn1-2.Cl. The van der Waals surface area contributed by atoms with Crippen LogP contribution < -0.4 is 15.0 Å². The summed E-state index contributed by atoms with van der Waals surface area (Å²) < 4.78 is 20.9. The summed E-state index contributed by atoms with van der Waals surface area (Å²) in [6, 6.07) is 17.3. The van der Waals surface area contributed by atoms with Gasteiger partial charge in [-0.3, -0.25) is 0 Å². The largest absolute Gasteiger partial charge is 0.497 e. The van der Waals surface area contributed by atoms with Crippen molar-refractivity contribution in [3.05, 3.63) is 72.3 Å². The molecule has 1 fully saturated rings.